The minimum absolute atomic E-state index is 0.233. The lowest BCUT2D eigenvalue weighted by atomic mass is 9.96. The number of hydrogen-bond donors (Lipinski definition) is 1. The van der Waals surface area contributed by atoms with Gasteiger partial charge in [0.2, 0.25) is 0 Å². The van der Waals surface area contributed by atoms with E-state index >= 15 is 0 Å². The maximum absolute atomic E-state index is 6.36. The van der Waals surface area contributed by atoms with Crippen LogP contribution in [0.5, 0.6) is 5.75 Å². The van der Waals surface area contributed by atoms with Crippen molar-refractivity contribution in [2.45, 2.75) is 18.9 Å². The van der Waals surface area contributed by atoms with Crippen molar-refractivity contribution in [2.75, 3.05) is 13.1 Å². The molecule has 0 aromatic heterocycles. The zero-order chi connectivity index (χ0) is 14.1. The molecule has 0 radical (unpaired) electrons. The molecule has 106 valence electrons. The maximum Gasteiger partial charge on any atom is 0.128 e. The molecule has 2 nitrogen and oxygen atoms in total. The fourth-order valence-electron chi connectivity index (χ4n) is 2.31. The van der Waals surface area contributed by atoms with Crippen LogP contribution in [0.2, 0.25) is 0 Å². The van der Waals surface area contributed by atoms with Crippen molar-refractivity contribution >= 4 is 44.7 Å². The fraction of sp³-hybridized carbons (Fsp3) is 0.333. The normalized spacial score (nSPS) is 19.6. The first kappa shape index (κ1) is 14.5. The summed E-state index contributed by atoms with van der Waals surface area (Å²) in [7, 11) is 0. The fourth-order valence-corrected chi connectivity index (χ4v) is 3.14. The zero-order valence-corrected chi connectivity index (χ0v) is 13.9. The van der Waals surface area contributed by atoms with Crippen molar-refractivity contribution in [3.05, 3.63) is 44.4 Å². The van der Waals surface area contributed by atoms with E-state index in [1.54, 1.807) is 0 Å². The molecule has 1 saturated heterocycles. The van der Waals surface area contributed by atoms with Crippen LogP contribution in [0.3, 0.4) is 0 Å². The van der Waals surface area contributed by atoms with Crippen molar-refractivity contribution in [3.63, 3.8) is 0 Å². The Morgan fingerprint density at radius 1 is 1.25 bits per heavy atom. The summed E-state index contributed by atoms with van der Waals surface area (Å²) in [6.45, 7) is 1.78. The number of nitrogens with one attached hydrogen (secondary N) is 1. The molecule has 5 heteroatoms. The summed E-state index contributed by atoms with van der Waals surface area (Å²) in [5, 5.41) is 4.47. The third-order valence-corrected chi connectivity index (χ3v) is 4.86. The smallest absolute Gasteiger partial charge is 0.128 e. The van der Waals surface area contributed by atoms with E-state index in [0.717, 1.165) is 47.3 Å². The molecule has 0 bridgehead atoms. The quantitative estimate of drug-likeness (QED) is 0.830. The Balaban J connectivity index is 1.99. The molecular formula is C15H14BrCl2NO. The highest BCUT2D eigenvalue weighted by atomic mass is 79.9. The molecule has 1 fully saturated rings. The van der Waals surface area contributed by atoms with Crippen molar-refractivity contribution in [3.8, 4) is 5.75 Å². The van der Waals surface area contributed by atoms with E-state index in [-0.39, 0.29) is 6.10 Å². The van der Waals surface area contributed by atoms with E-state index in [4.69, 9.17) is 27.9 Å². The topological polar surface area (TPSA) is 21.3 Å². The van der Waals surface area contributed by atoms with Gasteiger partial charge in [0, 0.05) is 23.1 Å². The first-order valence-corrected chi connectivity index (χ1v) is 8.12. The van der Waals surface area contributed by atoms with Crippen molar-refractivity contribution in [1.29, 1.82) is 0 Å². The van der Waals surface area contributed by atoms with E-state index in [0.29, 0.717) is 10.1 Å². The Bertz CT molecular complexity index is 594. The highest BCUT2D eigenvalue weighted by molar-refractivity contribution is 9.10. The molecule has 0 atom stereocenters. The monoisotopic (exact) mass is 373 g/mol. The Hall–Kier alpha value is -0.480. The van der Waals surface area contributed by atoms with Crippen LogP contribution in [0, 0.1) is 0 Å². The van der Waals surface area contributed by atoms with E-state index in [1.165, 1.54) is 0 Å². The van der Waals surface area contributed by atoms with Gasteiger partial charge in [0.05, 0.1) is 10.1 Å². The summed E-state index contributed by atoms with van der Waals surface area (Å²) in [4.78, 5) is 0. The van der Waals surface area contributed by atoms with Crippen LogP contribution >= 0.6 is 39.1 Å². The standard InChI is InChI=1S/C15H14BrCl2NO/c16-9-4-5-11(12-2-1-3-13(17)15(12)18)14(6-9)20-10-7-19-8-10/h3-6,10,19H,1-2,7-8H2. The van der Waals surface area contributed by atoms with Gasteiger partial charge in [-0.2, -0.15) is 0 Å². The Kier molecular flexibility index (Phi) is 4.41. The predicted octanol–water partition coefficient (Wildman–Crippen LogP) is 4.67. The molecule has 0 spiro atoms. The molecular weight excluding hydrogens is 361 g/mol. The van der Waals surface area contributed by atoms with E-state index in [9.17, 15) is 0 Å². The van der Waals surface area contributed by atoms with Crippen molar-refractivity contribution in [1.82, 2.24) is 5.32 Å². The van der Waals surface area contributed by atoms with Gasteiger partial charge in [0.1, 0.15) is 11.9 Å². The number of benzene rings is 1. The van der Waals surface area contributed by atoms with E-state index in [1.807, 2.05) is 24.3 Å². The first-order chi connectivity index (χ1) is 9.65. The predicted molar refractivity (Wildman–Crippen MR) is 87.4 cm³/mol. The van der Waals surface area contributed by atoms with Gasteiger partial charge in [-0.1, -0.05) is 45.2 Å². The second kappa shape index (κ2) is 6.10. The third-order valence-electron chi connectivity index (χ3n) is 3.50. The Labute approximate surface area is 136 Å². The van der Waals surface area contributed by atoms with Crippen LogP contribution in [0.4, 0.5) is 0 Å². The average Bonchev–Trinajstić information content (AvgIpc) is 2.38. The highest BCUT2D eigenvalue weighted by Crippen LogP contribution is 2.41. The number of hydrogen-bond acceptors (Lipinski definition) is 2. The summed E-state index contributed by atoms with van der Waals surface area (Å²) < 4.78 is 7.05. The lowest BCUT2D eigenvalue weighted by molar-refractivity contribution is 0.142. The van der Waals surface area contributed by atoms with Gasteiger partial charge in [0.15, 0.2) is 0 Å². The summed E-state index contributed by atoms with van der Waals surface area (Å²) in [5.41, 5.74) is 2.10. The summed E-state index contributed by atoms with van der Waals surface area (Å²) in [6.07, 6.45) is 3.99. The van der Waals surface area contributed by atoms with Crippen LogP contribution in [0.15, 0.2) is 38.8 Å². The highest BCUT2D eigenvalue weighted by Gasteiger charge is 2.23. The molecule has 3 rings (SSSR count). The molecule has 1 aromatic carbocycles. The molecule has 0 saturated carbocycles. The minimum atomic E-state index is 0.233. The van der Waals surface area contributed by atoms with E-state index in [2.05, 4.69) is 21.2 Å². The number of rotatable bonds is 3. The molecule has 1 aliphatic carbocycles. The molecule has 1 aromatic rings. The molecule has 2 aliphatic rings. The summed E-state index contributed by atoms with van der Waals surface area (Å²) >= 11 is 16.0. The largest absolute Gasteiger partial charge is 0.487 e. The summed E-state index contributed by atoms with van der Waals surface area (Å²) in [5.74, 6) is 0.866. The van der Waals surface area contributed by atoms with Gasteiger partial charge in [-0.05, 0) is 36.6 Å². The molecule has 0 unspecified atom stereocenters. The van der Waals surface area contributed by atoms with Crippen LogP contribution in [-0.4, -0.2) is 19.2 Å². The van der Waals surface area contributed by atoms with Crippen LogP contribution in [-0.2, 0) is 0 Å². The molecule has 1 aliphatic heterocycles. The lowest BCUT2D eigenvalue weighted by Crippen LogP contribution is -2.50. The molecule has 1 N–H and O–H groups in total. The minimum Gasteiger partial charge on any atom is -0.487 e. The van der Waals surface area contributed by atoms with Gasteiger partial charge in [-0.25, -0.2) is 0 Å². The Morgan fingerprint density at radius 2 is 2.05 bits per heavy atom. The van der Waals surface area contributed by atoms with Gasteiger partial charge >= 0.3 is 0 Å². The van der Waals surface area contributed by atoms with Crippen molar-refractivity contribution < 1.29 is 4.74 Å². The lowest BCUT2D eigenvalue weighted by Gasteiger charge is -2.29. The van der Waals surface area contributed by atoms with Crippen LogP contribution in [0.25, 0.3) is 5.57 Å². The van der Waals surface area contributed by atoms with Gasteiger partial charge in [-0.3, -0.25) is 0 Å². The number of allylic oxidation sites excluding steroid dienone is 4. The second-order valence-corrected chi connectivity index (χ2v) is 6.62. The van der Waals surface area contributed by atoms with Crippen LogP contribution in [0.1, 0.15) is 18.4 Å². The Morgan fingerprint density at radius 3 is 2.75 bits per heavy atom. The number of ether oxygens (including phenoxy) is 1. The molecule has 0 amide bonds. The van der Waals surface area contributed by atoms with Gasteiger partial charge in [-0.15, -0.1) is 0 Å². The van der Waals surface area contributed by atoms with Crippen LogP contribution < -0.4 is 10.1 Å². The van der Waals surface area contributed by atoms with E-state index < -0.39 is 0 Å². The average molecular weight is 375 g/mol. The number of halogens is 3. The van der Waals surface area contributed by atoms with Gasteiger partial charge in [0.25, 0.3) is 0 Å². The SMILES string of the molecule is ClC1=CCCC(c2ccc(Br)cc2OC2CNC2)=C1Cl. The zero-order valence-electron chi connectivity index (χ0n) is 10.8. The molecule has 20 heavy (non-hydrogen) atoms. The maximum atomic E-state index is 6.36. The van der Waals surface area contributed by atoms with Crippen molar-refractivity contribution in [2.24, 2.45) is 0 Å². The summed E-state index contributed by atoms with van der Waals surface area (Å²) in [6, 6.07) is 6.04. The van der Waals surface area contributed by atoms with Gasteiger partial charge < -0.3 is 10.1 Å². The second-order valence-electron chi connectivity index (χ2n) is 4.92. The molecule has 1 heterocycles. The third kappa shape index (κ3) is 2.91. The first-order valence-electron chi connectivity index (χ1n) is 6.57.